The zero-order valence-electron chi connectivity index (χ0n) is 8.54. The summed E-state index contributed by atoms with van der Waals surface area (Å²) in [5.41, 5.74) is 6.95. The molecular weight excluding hydrogens is 238 g/mol. The molecule has 0 saturated heterocycles. The quantitative estimate of drug-likeness (QED) is 0.774. The maximum atomic E-state index is 11.7. The van der Waals surface area contributed by atoms with Crippen molar-refractivity contribution in [2.45, 2.75) is 0 Å². The Morgan fingerprint density at radius 1 is 1.53 bits per heavy atom. The lowest BCUT2D eigenvalue weighted by molar-refractivity contribution is 0.103. The van der Waals surface area contributed by atoms with Crippen LogP contribution in [-0.2, 0) is 0 Å². The van der Waals surface area contributed by atoms with Crippen LogP contribution in [0.1, 0.15) is 15.2 Å². The van der Waals surface area contributed by atoms with Gasteiger partial charge in [0.1, 0.15) is 4.88 Å². The van der Waals surface area contributed by atoms with E-state index in [1.54, 1.807) is 12.1 Å². The standard InChI is InChI=1S/C10H7N5OS/c11-4-6-1-2-8(7(12)3-6)14-10(16)9-5-13-15-17-9/h1-3,5H,12H2,(H,14,16). The van der Waals surface area contributed by atoms with Gasteiger partial charge in [-0.25, -0.2) is 0 Å². The first kappa shape index (κ1) is 11.0. The number of benzene rings is 1. The highest BCUT2D eigenvalue weighted by atomic mass is 32.1. The molecule has 2 aromatic rings. The molecule has 7 heteroatoms. The Hall–Kier alpha value is -2.46. The number of carbonyl (C=O) groups is 1. The van der Waals surface area contributed by atoms with E-state index in [1.165, 1.54) is 12.3 Å². The smallest absolute Gasteiger partial charge is 0.269 e. The van der Waals surface area contributed by atoms with Crippen LogP contribution in [0.4, 0.5) is 11.4 Å². The molecule has 2 rings (SSSR count). The Balaban J connectivity index is 2.20. The van der Waals surface area contributed by atoms with Crippen LogP contribution in [0, 0.1) is 11.3 Å². The summed E-state index contributed by atoms with van der Waals surface area (Å²) in [5.74, 6) is -0.323. The topological polar surface area (TPSA) is 105 Å². The molecule has 0 aliphatic carbocycles. The van der Waals surface area contributed by atoms with E-state index in [1.807, 2.05) is 6.07 Å². The summed E-state index contributed by atoms with van der Waals surface area (Å²) < 4.78 is 3.59. The SMILES string of the molecule is N#Cc1ccc(NC(=O)c2cnns2)c(N)c1. The van der Waals surface area contributed by atoms with E-state index in [2.05, 4.69) is 14.9 Å². The van der Waals surface area contributed by atoms with Crippen molar-refractivity contribution in [3.8, 4) is 6.07 Å². The highest BCUT2D eigenvalue weighted by molar-refractivity contribution is 7.07. The van der Waals surface area contributed by atoms with Gasteiger partial charge in [-0.1, -0.05) is 4.49 Å². The molecule has 6 nitrogen and oxygen atoms in total. The van der Waals surface area contributed by atoms with Gasteiger partial charge in [0.05, 0.1) is 29.2 Å². The van der Waals surface area contributed by atoms with Gasteiger partial charge in [-0.2, -0.15) is 5.26 Å². The normalized spacial score (nSPS) is 9.59. The number of aromatic nitrogens is 2. The summed E-state index contributed by atoms with van der Waals surface area (Å²) in [4.78, 5) is 12.1. The third kappa shape index (κ3) is 2.38. The number of rotatable bonds is 2. The van der Waals surface area contributed by atoms with Crippen LogP contribution in [0.3, 0.4) is 0 Å². The van der Waals surface area contributed by atoms with Crippen molar-refractivity contribution in [2.24, 2.45) is 0 Å². The van der Waals surface area contributed by atoms with E-state index in [0.717, 1.165) is 11.5 Å². The second-order valence-electron chi connectivity index (χ2n) is 3.15. The maximum absolute atomic E-state index is 11.7. The number of anilines is 2. The molecule has 3 N–H and O–H groups in total. The molecule has 0 spiro atoms. The molecule has 1 aromatic carbocycles. The second kappa shape index (κ2) is 4.59. The fourth-order valence-corrected chi connectivity index (χ4v) is 1.61. The molecule has 1 heterocycles. The zero-order valence-corrected chi connectivity index (χ0v) is 9.36. The highest BCUT2D eigenvalue weighted by Gasteiger charge is 2.10. The van der Waals surface area contributed by atoms with Crippen molar-refractivity contribution in [3.05, 3.63) is 34.8 Å². The predicted molar refractivity (Wildman–Crippen MR) is 63.4 cm³/mol. The first-order valence-electron chi connectivity index (χ1n) is 4.59. The van der Waals surface area contributed by atoms with Gasteiger partial charge < -0.3 is 11.1 Å². The first-order valence-corrected chi connectivity index (χ1v) is 5.36. The number of amides is 1. The molecular formula is C10H7N5OS. The second-order valence-corrected chi connectivity index (χ2v) is 3.94. The van der Waals surface area contributed by atoms with Gasteiger partial charge in [-0.3, -0.25) is 4.79 Å². The van der Waals surface area contributed by atoms with Crippen molar-refractivity contribution in [3.63, 3.8) is 0 Å². The molecule has 84 valence electrons. The minimum absolute atomic E-state index is 0.323. The van der Waals surface area contributed by atoms with Crippen molar-refractivity contribution in [1.82, 2.24) is 9.59 Å². The number of hydrogen-bond donors (Lipinski definition) is 2. The van der Waals surface area contributed by atoms with Gasteiger partial charge in [-0.05, 0) is 29.7 Å². The third-order valence-corrected chi connectivity index (χ3v) is 2.68. The largest absolute Gasteiger partial charge is 0.397 e. The lowest BCUT2D eigenvalue weighted by Crippen LogP contribution is -2.11. The van der Waals surface area contributed by atoms with Crippen molar-refractivity contribution in [2.75, 3.05) is 11.1 Å². The summed E-state index contributed by atoms with van der Waals surface area (Å²) >= 11 is 0.997. The fourth-order valence-electron chi connectivity index (χ4n) is 1.20. The molecule has 0 radical (unpaired) electrons. The molecule has 0 aliphatic heterocycles. The van der Waals surface area contributed by atoms with Gasteiger partial charge in [0.15, 0.2) is 0 Å². The van der Waals surface area contributed by atoms with E-state index in [0.29, 0.717) is 21.8 Å². The number of hydrogen-bond acceptors (Lipinski definition) is 6. The summed E-state index contributed by atoms with van der Waals surface area (Å²) in [6.07, 6.45) is 1.37. The molecule has 0 atom stereocenters. The van der Waals surface area contributed by atoms with Crippen molar-refractivity contribution in [1.29, 1.82) is 5.26 Å². The Morgan fingerprint density at radius 3 is 2.94 bits per heavy atom. The Bertz CT molecular complexity index is 587. The average Bonchev–Trinajstić information content (AvgIpc) is 2.85. The van der Waals surface area contributed by atoms with Crippen molar-refractivity contribution < 1.29 is 4.79 Å². The minimum atomic E-state index is -0.323. The van der Waals surface area contributed by atoms with Gasteiger partial charge in [0, 0.05) is 0 Å². The van der Waals surface area contributed by atoms with E-state index in [4.69, 9.17) is 11.0 Å². The average molecular weight is 245 g/mol. The number of nitrogens with two attached hydrogens (primary N) is 1. The van der Waals surface area contributed by atoms with Gasteiger partial charge >= 0.3 is 0 Å². The van der Waals surface area contributed by atoms with Gasteiger partial charge in [0.2, 0.25) is 0 Å². The number of nitrogens with zero attached hydrogens (tertiary/aromatic N) is 3. The molecule has 0 bridgehead atoms. The summed E-state index contributed by atoms with van der Waals surface area (Å²) in [6, 6.07) is 6.63. The molecule has 1 aromatic heterocycles. The van der Waals surface area contributed by atoms with Crippen LogP contribution in [0.15, 0.2) is 24.4 Å². The lowest BCUT2D eigenvalue weighted by Gasteiger charge is -2.06. The van der Waals surface area contributed by atoms with Crippen LogP contribution in [0.2, 0.25) is 0 Å². The Morgan fingerprint density at radius 2 is 2.35 bits per heavy atom. The van der Waals surface area contributed by atoms with E-state index >= 15 is 0 Å². The first-order chi connectivity index (χ1) is 8.20. The van der Waals surface area contributed by atoms with E-state index < -0.39 is 0 Å². The molecule has 0 unspecified atom stereocenters. The third-order valence-electron chi connectivity index (χ3n) is 2.01. The number of nitrogens with one attached hydrogen (secondary N) is 1. The van der Waals surface area contributed by atoms with Crippen LogP contribution < -0.4 is 11.1 Å². The molecule has 17 heavy (non-hydrogen) atoms. The van der Waals surface area contributed by atoms with Gasteiger partial charge in [-0.15, -0.1) is 5.10 Å². The maximum Gasteiger partial charge on any atom is 0.269 e. The monoisotopic (exact) mass is 245 g/mol. The van der Waals surface area contributed by atoms with Crippen LogP contribution in [0.5, 0.6) is 0 Å². The summed E-state index contributed by atoms with van der Waals surface area (Å²) in [5, 5.41) is 14.9. The predicted octanol–water partition coefficient (Wildman–Crippen LogP) is 1.24. The zero-order chi connectivity index (χ0) is 12.3. The van der Waals surface area contributed by atoms with Crippen LogP contribution >= 0.6 is 11.5 Å². The van der Waals surface area contributed by atoms with Gasteiger partial charge in [0.25, 0.3) is 5.91 Å². The summed E-state index contributed by atoms with van der Waals surface area (Å²) in [7, 11) is 0. The van der Waals surface area contributed by atoms with Crippen molar-refractivity contribution >= 4 is 28.8 Å². The summed E-state index contributed by atoms with van der Waals surface area (Å²) in [6.45, 7) is 0. The Labute approximate surface area is 101 Å². The molecule has 1 amide bonds. The number of nitriles is 1. The molecule has 0 saturated carbocycles. The number of nitrogen functional groups attached to an aromatic ring is 1. The highest BCUT2D eigenvalue weighted by Crippen LogP contribution is 2.20. The van der Waals surface area contributed by atoms with E-state index in [-0.39, 0.29) is 5.91 Å². The number of carbonyl (C=O) groups excluding carboxylic acids is 1. The van der Waals surface area contributed by atoms with E-state index in [9.17, 15) is 4.79 Å². The van der Waals surface area contributed by atoms with Crippen LogP contribution in [-0.4, -0.2) is 15.5 Å². The molecule has 0 fully saturated rings. The molecule has 0 aliphatic rings. The van der Waals surface area contributed by atoms with Crippen LogP contribution in [0.25, 0.3) is 0 Å². The Kier molecular flexibility index (Phi) is 2.98. The lowest BCUT2D eigenvalue weighted by atomic mass is 10.2. The fraction of sp³-hybridized carbons (Fsp3) is 0. The minimum Gasteiger partial charge on any atom is -0.397 e.